The first kappa shape index (κ1) is 31.2. The minimum absolute atomic E-state index is 0.0271. The highest BCUT2D eigenvalue weighted by atomic mass is 32.1. The first-order valence-corrected chi connectivity index (χ1v) is 18.2. The molecule has 8 rings (SSSR count). The molecule has 0 bridgehead atoms. The predicted molar refractivity (Wildman–Crippen MR) is 183 cm³/mol. The fourth-order valence-corrected chi connectivity index (χ4v) is 10.4. The molecule has 2 saturated heterocycles. The lowest BCUT2D eigenvalue weighted by atomic mass is 9.63. The standard InChI is InChI=1S/C35H42N10O2S/c1-4-43-15-7-10-24(43)20(2)45-33-26(23(18-37)41-45)32(44-16-8-12-34(3,46)19-44)39-31(40-33)28-21-9-5-13-35(29(21)47-42-28)14-6-11-25-27(35)22(17-36)30(38)48-25/h20,24,46H,4-16,19,38H2,1-3H3. The van der Waals surface area contributed by atoms with Crippen molar-refractivity contribution in [2.75, 3.05) is 36.8 Å². The van der Waals surface area contributed by atoms with Gasteiger partial charge in [0.1, 0.15) is 23.0 Å². The summed E-state index contributed by atoms with van der Waals surface area (Å²) in [5.74, 6) is 1.83. The van der Waals surface area contributed by atoms with E-state index in [9.17, 15) is 15.6 Å². The van der Waals surface area contributed by atoms with Gasteiger partial charge in [-0.1, -0.05) is 12.1 Å². The van der Waals surface area contributed by atoms with Crippen LogP contribution in [0.5, 0.6) is 0 Å². The molecule has 2 fully saturated rings. The SMILES string of the molecule is CCN1CCCC1C(C)n1nc(C#N)c2c(N3CCCC(C)(O)C3)nc(-c3noc4c3CCCC43CCCc4sc(N)c(C#N)c43)nc21. The third-order valence-corrected chi connectivity index (χ3v) is 12.5. The molecule has 250 valence electrons. The van der Waals surface area contributed by atoms with E-state index in [-0.39, 0.29) is 12.1 Å². The van der Waals surface area contributed by atoms with Crippen LogP contribution in [-0.2, 0) is 18.3 Å². The molecule has 13 heteroatoms. The Morgan fingerprint density at radius 2 is 1.92 bits per heavy atom. The van der Waals surface area contributed by atoms with Gasteiger partial charge in [-0.25, -0.2) is 14.6 Å². The van der Waals surface area contributed by atoms with E-state index in [4.69, 9.17) is 30.5 Å². The van der Waals surface area contributed by atoms with Crippen LogP contribution in [0.25, 0.3) is 22.6 Å². The van der Waals surface area contributed by atoms with Crippen molar-refractivity contribution in [2.45, 2.75) is 108 Å². The fraction of sp³-hybridized carbons (Fsp3) is 0.600. The maximum absolute atomic E-state index is 11.1. The Hall–Kier alpha value is -4.04. The van der Waals surface area contributed by atoms with Crippen LogP contribution < -0.4 is 10.6 Å². The molecule has 4 atom stereocenters. The number of aliphatic hydroxyl groups is 1. The van der Waals surface area contributed by atoms with Crippen molar-refractivity contribution in [3.63, 3.8) is 0 Å². The molecule has 4 aromatic rings. The number of rotatable bonds is 5. The minimum atomic E-state index is -0.893. The third kappa shape index (κ3) is 4.66. The van der Waals surface area contributed by atoms with E-state index >= 15 is 0 Å². The number of hydrogen-bond donors (Lipinski definition) is 2. The normalized spacial score (nSPS) is 26.4. The van der Waals surface area contributed by atoms with Gasteiger partial charge in [0, 0.05) is 29.6 Å². The van der Waals surface area contributed by atoms with Gasteiger partial charge in [-0.05, 0) is 96.7 Å². The van der Waals surface area contributed by atoms with Gasteiger partial charge in [0.05, 0.1) is 28.0 Å². The molecule has 0 saturated carbocycles. The second-order valence-electron chi connectivity index (χ2n) is 14.5. The number of piperidine rings is 1. The van der Waals surface area contributed by atoms with Crippen molar-refractivity contribution >= 4 is 33.2 Å². The van der Waals surface area contributed by atoms with Crippen LogP contribution in [0.4, 0.5) is 10.8 Å². The van der Waals surface area contributed by atoms with Crippen molar-refractivity contribution in [3.05, 3.63) is 33.0 Å². The van der Waals surface area contributed by atoms with Crippen LogP contribution >= 0.6 is 11.3 Å². The van der Waals surface area contributed by atoms with E-state index in [0.29, 0.717) is 64.1 Å². The maximum Gasteiger partial charge on any atom is 0.186 e. The number of likely N-dealkylation sites (tertiary alicyclic amines) is 1. The average Bonchev–Trinajstić information content (AvgIpc) is 3.87. The van der Waals surface area contributed by atoms with E-state index in [2.05, 4.69) is 35.8 Å². The predicted octanol–water partition coefficient (Wildman–Crippen LogP) is 5.22. The zero-order valence-electron chi connectivity index (χ0n) is 27.9. The van der Waals surface area contributed by atoms with Crippen LogP contribution in [0.3, 0.4) is 0 Å². The molecule has 6 heterocycles. The molecule has 48 heavy (non-hydrogen) atoms. The number of anilines is 2. The van der Waals surface area contributed by atoms with Crippen molar-refractivity contribution < 1.29 is 9.63 Å². The van der Waals surface area contributed by atoms with Gasteiger partial charge in [0.15, 0.2) is 28.6 Å². The summed E-state index contributed by atoms with van der Waals surface area (Å²) in [6.45, 7) is 9.28. The molecule has 2 aliphatic carbocycles. The number of nitrogens with zero attached hydrogens (tertiary/aromatic N) is 9. The first-order chi connectivity index (χ1) is 23.2. The molecule has 12 nitrogen and oxygen atoms in total. The van der Waals surface area contributed by atoms with Crippen molar-refractivity contribution in [2.24, 2.45) is 0 Å². The lowest BCUT2D eigenvalue weighted by Crippen LogP contribution is -2.46. The first-order valence-electron chi connectivity index (χ1n) is 17.4. The zero-order valence-corrected chi connectivity index (χ0v) is 28.7. The van der Waals surface area contributed by atoms with Gasteiger partial charge < -0.3 is 20.3 Å². The summed E-state index contributed by atoms with van der Waals surface area (Å²) in [6, 6.07) is 4.99. The van der Waals surface area contributed by atoms with Gasteiger partial charge in [0.25, 0.3) is 0 Å². The number of nitrogens with two attached hydrogens (primary N) is 1. The molecular formula is C35H42N10O2S. The number of β-amino-alcohol motifs (C(OH)–C–C–N with tert-alkyl or cyclic N) is 1. The number of hydrogen-bond acceptors (Lipinski definition) is 12. The largest absolute Gasteiger partial charge is 0.389 e. The zero-order chi connectivity index (χ0) is 33.4. The monoisotopic (exact) mass is 666 g/mol. The number of thiophene rings is 1. The average molecular weight is 667 g/mol. The third-order valence-electron chi connectivity index (χ3n) is 11.4. The Morgan fingerprint density at radius 1 is 1.10 bits per heavy atom. The van der Waals surface area contributed by atoms with Crippen molar-refractivity contribution in [1.82, 2.24) is 29.8 Å². The highest BCUT2D eigenvalue weighted by molar-refractivity contribution is 7.16. The van der Waals surface area contributed by atoms with Gasteiger partial charge >= 0.3 is 0 Å². The van der Waals surface area contributed by atoms with Gasteiger partial charge in [-0.2, -0.15) is 15.6 Å². The summed E-state index contributed by atoms with van der Waals surface area (Å²) in [4.78, 5) is 16.1. The molecule has 3 N–H and O–H groups in total. The fourth-order valence-electron chi connectivity index (χ4n) is 9.29. The van der Waals surface area contributed by atoms with Gasteiger partial charge in [-0.15, -0.1) is 11.3 Å². The number of fused-ring (bicyclic) bond motifs is 5. The summed E-state index contributed by atoms with van der Waals surface area (Å²) in [5, 5.41) is 42.5. The Bertz CT molecular complexity index is 1990. The second-order valence-corrected chi connectivity index (χ2v) is 15.6. The molecule has 4 aromatic heterocycles. The number of nitriles is 2. The van der Waals surface area contributed by atoms with Crippen LogP contribution in [0, 0.1) is 22.7 Å². The van der Waals surface area contributed by atoms with Crippen LogP contribution in [0.2, 0.25) is 0 Å². The Kier molecular flexibility index (Phi) is 7.51. The summed E-state index contributed by atoms with van der Waals surface area (Å²) in [6.07, 6.45) is 8.96. The summed E-state index contributed by atoms with van der Waals surface area (Å²) < 4.78 is 8.26. The summed E-state index contributed by atoms with van der Waals surface area (Å²) in [5.41, 5.74) is 9.11. The summed E-state index contributed by atoms with van der Waals surface area (Å²) in [7, 11) is 0. The number of aromatic nitrogens is 5. The van der Waals surface area contributed by atoms with Crippen LogP contribution in [0.1, 0.15) is 111 Å². The van der Waals surface area contributed by atoms with Crippen LogP contribution in [0.15, 0.2) is 4.52 Å². The Labute approximate surface area is 284 Å². The van der Waals surface area contributed by atoms with Gasteiger partial charge in [-0.3, -0.25) is 4.90 Å². The maximum atomic E-state index is 11.1. The topological polar surface area (TPSA) is 170 Å². The molecule has 4 aliphatic rings. The van der Waals surface area contributed by atoms with Gasteiger partial charge in [0.2, 0.25) is 0 Å². The lowest BCUT2D eigenvalue weighted by Gasteiger charge is -2.39. The highest BCUT2D eigenvalue weighted by Crippen LogP contribution is 2.55. The number of nitrogen functional groups attached to an aromatic ring is 1. The van der Waals surface area contributed by atoms with E-state index < -0.39 is 11.0 Å². The smallest absolute Gasteiger partial charge is 0.186 e. The Morgan fingerprint density at radius 3 is 2.67 bits per heavy atom. The minimum Gasteiger partial charge on any atom is -0.389 e. The van der Waals surface area contributed by atoms with Crippen molar-refractivity contribution in [3.8, 4) is 23.7 Å². The molecule has 0 amide bonds. The van der Waals surface area contributed by atoms with E-state index in [1.807, 2.05) is 11.6 Å². The van der Waals surface area contributed by atoms with E-state index in [1.165, 1.54) is 16.2 Å². The Balaban J connectivity index is 1.33. The molecule has 1 spiro atoms. The molecular weight excluding hydrogens is 625 g/mol. The van der Waals surface area contributed by atoms with E-state index in [0.717, 1.165) is 87.8 Å². The summed E-state index contributed by atoms with van der Waals surface area (Å²) >= 11 is 1.53. The van der Waals surface area contributed by atoms with Crippen molar-refractivity contribution in [1.29, 1.82) is 10.5 Å². The highest BCUT2D eigenvalue weighted by Gasteiger charge is 2.49. The number of likely N-dealkylation sites (N-methyl/N-ethyl adjacent to an activating group) is 1. The lowest BCUT2D eigenvalue weighted by molar-refractivity contribution is 0.0448. The van der Waals surface area contributed by atoms with E-state index in [1.54, 1.807) is 0 Å². The quantitative estimate of drug-likeness (QED) is 0.286. The number of aryl methyl sites for hydroxylation is 1. The molecule has 4 unspecified atom stereocenters. The molecule has 0 radical (unpaired) electrons. The molecule has 2 aliphatic heterocycles. The van der Waals surface area contributed by atoms with Crippen LogP contribution in [-0.4, -0.2) is 72.7 Å². The second kappa shape index (κ2) is 11.5. The molecule has 0 aromatic carbocycles.